The van der Waals surface area contributed by atoms with Gasteiger partial charge in [-0.3, -0.25) is 0 Å². The minimum Gasteiger partial charge on any atom is -1.00 e. The molecular formula is C34H30Cl2OZr. The Morgan fingerprint density at radius 1 is 0.711 bits per heavy atom. The van der Waals surface area contributed by atoms with Crippen LogP contribution in [0.2, 0.25) is 0 Å². The van der Waals surface area contributed by atoms with Gasteiger partial charge in [0.1, 0.15) is 0 Å². The standard InChI is InChI=1S/C14H11O.C13H10.C7H9.2ClH.Zr/c1-15-13-8-4-6-11-9-10-5-2-3-7-12(10)14(11)13;1-3-7-12(8-4-1)11-13-9-5-2-6-10-13;1-6-4-3-5-7(6)2;;;/h2-9H,1H3;1-10H;4H,5H2,1-2H3;2*1H;/q;;;;;+2/p-2. The Bertz CT molecular complexity index is 1510. The Kier molecular flexibility index (Phi) is 9.09. The third kappa shape index (κ3) is 4.95. The molecule has 0 amide bonds. The maximum Gasteiger partial charge on any atom is -1.00 e. The van der Waals surface area contributed by atoms with E-state index in [1.807, 2.05) is 0 Å². The first-order valence-corrected chi connectivity index (χ1v) is 16.5. The number of methoxy groups -OCH3 is 1. The zero-order valence-electron chi connectivity index (χ0n) is 21.8. The molecular weight excluding hydrogens is 587 g/mol. The number of allylic oxidation sites excluding steroid dienone is 4. The Balaban J connectivity index is 0.00000168. The van der Waals surface area contributed by atoms with Gasteiger partial charge >= 0.3 is 223 Å². The first kappa shape index (κ1) is 28.5. The summed E-state index contributed by atoms with van der Waals surface area (Å²) in [4.78, 5) is 0. The van der Waals surface area contributed by atoms with Gasteiger partial charge in [0.2, 0.25) is 0 Å². The van der Waals surface area contributed by atoms with Crippen molar-refractivity contribution < 1.29 is 50.8 Å². The van der Waals surface area contributed by atoms with Crippen LogP contribution in [0.5, 0.6) is 5.75 Å². The van der Waals surface area contributed by atoms with Crippen molar-refractivity contribution in [2.75, 3.05) is 7.11 Å². The van der Waals surface area contributed by atoms with Crippen LogP contribution in [0.15, 0.2) is 124 Å². The van der Waals surface area contributed by atoms with E-state index in [0.29, 0.717) is 3.63 Å². The van der Waals surface area contributed by atoms with E-state index in [4.69, 9.17) is 4.74 Å². The van der Waals surface area contributed by atoms with Crippen molar-refractivity contribution in [3.8, 4) is 16.9 Å². The minimum atomic E-state index is -2.64. The number of ether oxygens (including phenoxy) is 1. The van der Waals surface area contributed by atoms with E-state index in [-0.39, 0.29) is 24.8 Å². The number of hydrogen-bond donors (Lipinski definition) is 0. The summed E-state index contributed by atoms with van der Waals surface area (Å²) >= 11 is -2.64. The molecule has 0 radical (unpaired) electrons. The first-order valence-electron chi connectivity index (χ1n) is 12.7. The minimum absolute atomic E-state index is 0. The second-order valence-electron chi connectivity index (χ2n) is 9.78. The largest absolute Gasteiger partial charge is 1.00 e. The summed E-state index contributed by atoms with van der Waals surface area (Å²) < 4.78 is 9.59. The summed E-state index contributed by atoms with van der Waals surface area (Å²) in [5, 5.41) is 0. The SMILES string of the molecule is COc1cccc2c1-c1ccccc1[CH]2[Zr+2]([C]1=CC(C)=C(C)C1)=[C](c1ccccc1)c1ccccc1.[Cl-].[Cl-]. The molecule has 4 aromatic carbocycles. The normalized spacial score (nSPS) is 14.8. The monoisotopic (exact) mass is 614 g/mol. The molecule has 1 nitrogen and oxygen atoms in total. The zero-order chi connectivity index (χ0) is 24.6. The predicted octanol–water partition coefficient (Wildman–Crippen LogP) is 2.28. The quantitative estimate of drug-likeness (QED) is 0.335. The van der Waals surface area contributed by atoms with Gasteiger partial charge in [-0.25, -0.2) is 0 Å². The number of rotatable bonds is 5. The topological polar surface area (TPSA) is 9.23 Å². The van der Waals surface area contributed by atoms with Crippen molar-refractivity contribution in [1.82, 2.24) is 0 Å². The van der Waals surface area contributed by atoms with Crippen LogP contribution in [-0.4, -0.2) is 10.3 Å². The van der Waals surface area contributed by atoms with E-state index in [1.54, 1.807) is 13.6 Å². The van der Waals surface area contributed by atoms with E-state index in [2.05, 4.69) is 123 Å². The van der Waals surface area contributed by atoms with E-state index in [0.717, 1.165) is 12.2 Å². The van der Waals surface area contributed by atoms with Crippen LogP contribution in [0, 0.1) is 0 Å². The Hall–Kier alpha value is -2.51. The third-order valence-electron chi connectivity index (χ3n) is 7.68. The van der Waals surface area contributed by atoms with Gasteiger partial charge < -0.3 is 24.8 Å². The fraction of sp³-hybridized carbons (Fsp3) is 0.147. The van der Waals surface area contributed by atoms with Gasteiger partial charge in [-0.1, -0.05) is 0 Å². The van der Waals surface area contributed by atoms with E-state index in [1.165, 1.54) is 44.5 Å². The predicted molar refractivity (Wildman–Crippen MR) is 147 cm³/mol. The Morgan fingerprint density at radius 2 is 1.29 bits per heavy atom. The molecule has 6 rings (SSSR count). The summed E-state index contributed by atoms with van der Waals surface area (Å²) in [6.45, 7) is 4.59. The molecule has 0 heterocycles. The molecule has 2 aliphatic rings. The molecule has 1 unspecified atom stereocenters. The average Bonchev–Trinajstić information content (AvgIpc) is 3.44. The van der Waals surface area contributed by atoms with Crippen molar-refractivity contribution in [2.45, 2.75) is 23.9 Å². The van der Waals surface area contributed by atoms with Crippen molar-refractivity contribution in [1.29, 1.82) is 0 Å². The van der Waals surface area contributed by atoms with Gasteiger partial charge in [-0.15, -0.1) is 0 Å². The molecule has 0 saturated heterocycles. The van der Waals surface area contributed by atoms with Crippen LogP contribution < -0.4 is 29.6 Å². The Labute approximate surface area is 246 Å². The molecule has 0 aromatic heterocycles. The maximum absolute atomic E-state index is 5.92. The second kappa shape index (κ2) is 12.1. The molecule has 0 bridgehead atoms. The smallest absolute Gasteiger partial charge is 1.00 e. The van der Waals surface area contributed by atoms with Crippen LogP contribution >= 0.6 is 0 Å². The fourth-order valence-corrected chi connectivity index (χ4v) is 15.4. The summed E-state index contributed by atoms with van der Waals surface area (Å²) in [5.74, 6) is 0.983. The van der Waals surface area contributed by atoms with E-state index >= 15 is 0 Å². The van der Waals surface area contributed by atoms with E-state index in [9.17, 15) is 0 Å². The Morgan fingerprint density at radius 3 is 1.87 bits per heavy atom. The summed E-state index contributed by atoms with van der Waals surface area (Å²) in [6.07, 6.45) is 3.64. The molecule has 0 aliphatic heterocycles. The van der Waals surface area contributed by atoms with Gasteiger partial charge in [0.15, 0.2) is 0 Å². The molecule has 190 valence electrons. The molecule has 0 fully saturated rings. The van der Waals surface area contributed by atoms with Crippen LogP contribution in [0.25, 0.3) is 11.1 Å². The second-order valence-corrected chi connectivity index (χ2v) is 16.0. The molecule has 0 saturated carbocycles. The molecule has 4 aromatic rings. The molecule has 38 heavy (non-hydrogen) atoms. The van der Waals surface area contributed by atoms with Crippen LogP contribution in [0.1, 0.15) is 46.1 Å². The van der Waals surface area contributed by atoms with Gasteiger partial charge in [0.25, 0.3) is 0 Å². The van der Waals surface area contributed by atoms with Gasteiger partial charge in [-0.2, -0.15) is 0 Å². The number of fused-ring (bicyclic) bond motifs is 3. The first-order chi connectivity index (χ1) is 17.7. The van der Waals surface area contributed by atoms with Crippen molar-refractivity contribution in [3.63, 3.8) is 0 Å². The maximum atomic E-state index is 5.92. The molecule has 2 aliphatic carbocycles. The van der Waals surface area contributed by atoms with E-state index < -0.39 is 21.3 Å². The number of hydrogen-bond acceptors (Lipinski definition) is 1. The molecule has 4 heteroatoms. The molecule has 0 N–H and O–H groups in total. The van der Waals surface area contributed by atoms with Gasteiger partial charge in [0.05, 0.1) is 0 Å². The summed E-state index contributed by atoms with van der Waals surface area (Å²) in [5.41, 5.74) is 11.2. The fourth-order valence-electron chi connectivity index (χ4n) is 5.91. The molecule has 0 spiro atoms. The summed E-state index contributed by atoms with van der Waals surface area (Å²) in [6, 6.07) is 38.0. The van der Waals surface area contributed by atoms with Crippen LogP contribution in [0.3, 0.4) is 0 Å². The van der Waals surface area contributed by atoms with Crippen molar-refractivity contribution >= 4 is 3.21 Å². The number of benzene rings is 4. The van der Waals surface area contributed by atoms with Gasteiger partial charge in [0, 0.05) is 0 Å². The molecule has 1 atom stereocenters. The van der Waals surface area contributed by atoms with Gasteiger partial charge in [-0.05, 0) is 0 Å². The number of halogens is 2. The average molecular weight is 617 g/mol. The van der Waals surface area contributed by atoms with Crippen molar-refractivity contribution in [3.05, 3.63) is 146 Å². The summed E-state index contributed by atoms with van der Waals surface area (Å²) in [7, 11) is 1.80. The van der Waals surface area contributed by atoms with Crippen molar-refractivity contribution in [2.24, 2.45) is 0 Å². The third-order valence-corrected chi connectivity index (χ3v) is 15.9. The van der Waals surface area contributed by atoms with Crippen LogP contribution in [-0.2, 0) is 21.3 Å². The van der Waals surface area contributed by atoms with Crippen LogP contribution in [0.4, 0.5) is 0 Å². The zero-order valence-corrected chi connectivity index (χ0v) is 25.8.